The average Bonchev–Trinajstić information content (AvgIpc) is 2.97. The number of ether oxygens (including phenoxy) is 2. The number of nitrogens with zero attached hydrogens (tertiary/aromatic N) is 3. The predicted octanol–water partition coefficient (Wildman–Crippen LogP) is -2.15. The molecule has 2 rings (SSSR count). The van der Waals surface area contributed by atoms with Gasteiger partial charge in [0.2, 0.25) is 5.95 Å². The van der Waals surface area contributed by atoms with E-state index in [1.807, 2.05) is 13.8 Å². The van der Waals surface area contributed by atoms with Crippen LogP contribution in [-0.2, 0) is 21.0 Å². The van der Waals surface area contributed by atoms with E-state index >= 15 is 0 Å². The van der Waals surface area contributed by atoms with Crippen molar-refractivity contribution in [2.24, 2.45) is 5.92 Å². The Morgan fingerprint density at radius 2 is 2.24 bits per heavy atom. The number of rotatable bonds is 8. The van der Waals surface area contributed by atoms with Crippen molar-refractivity contribution in [3.63, 3.8) is 0 Å². The Labute approximate surface area is 142 Å². The highest BCUT2D eigenvalue weighted by atomic mass is 16.6. The molecular formula is C14H23N6O5+. The third kappa shape index (κ3) is 4.53. The van der Waals surface area contributed by atoms with E-state index in [-0.39, 0.29) is 43.0 Å². The quantitative estimate of drug-likeness (QED) is 0.388. The van der Waals surface area contributed by atoms with E-state index in [1.54, 1.807) is 0 Å². The fourth-order valence-electron chi connectivity index (χ4n) is 1.96. The number of anilines is 1. The highest BCUT2D eigenvalue weighted by molar-refractivity contribution is 5.74. The van der Waals surface area contributed by atoms with Crippen molar-refractivity contribution in [1.82, 2.24) is 19.5 Å². The summed E-state index contributed by atoms with van der Waals surface area (Å²) in [5.41, 5.74) is 9.18. The van der Waals surface area contributed by atoms with Crippen molar-refractivity contribution >= 4 is 23.1 Å². The second kappa shape index (κ2) is 8.05. The third-order valence-electron chi connectivity index (χ3n) is 3.67. The van der Waals surface area contributed by atoms with Crippen LogP contribution in [0.2, 0.25) is 0 Å². The third-order valence-corrected chi connectivity index (χ3v) is 3.67. The van der Waals surface area contributed by atoms with Gasteiger partial charge in [0.15, 0.2) is 17.2 Å². The molecule has 0 amide bonds. The van der Waals surface area contributed by atoms with Crippen LogP contribution < -0.4 is 17.0 Å². The number of H-pyrrole nitrogens is 1. The van der Waals surface area contributed by atoms with Crippen LogP contribution in [0.25, 0.3) is 11.2 Å². The first-order valence-electron chi connectivity index (χ1n) is 7.76. The second-order valence-electron chi connectivity index (χ2n) is 5.92. The van der Waals surface area contributed by atoms with Gasteiger partial charge in [-0.05, 0) is 0 Å². The van der Waals surface area contributed by atoms with Gasteiger partial charge in [0, 0.05) is 5.92 Å². The lowest BCUT2D eigenvalue weighted by atomic mass is 10.1. The predicted molar refractivity (Wildman–Crippen MR) is 87.0 cm³/mol. The molecule has 2 aromatic heterocycles. The molecule has 0 unspecified atom stereocenters. The van der Waals surface area contributed by atoms with Crippen LogP contribution in [0, 0.1) is 5.92 Å². The minimum Gasteiger partial charge on any atom is -0.458 e. The molecular weight excluding hydrogens is 332 g/mol. The highest BCUT2D eigenvalue weighted by Crippen LogP contribution is 2.08. The summed E-state index contributed by atoms with van der Waals surface area (Å²) in [6.45, 7) is 3.22. The number of carbonyl (C=O) groups is 1. The number of nitrogen functional groups attached to an aromatic ring is 1. The Morgan fingerprint density at radius 1 is 1.52 bits per heavy atom. The topological polar surface area (TPSA) is 173 Å². The summed E-state index contributed by atoms with van der Waals surface area (Å²) >= 11 is 0. The summed E-state index contributed by atoms with van der Waals surface area (Å²) < 4.78 is 12.1. The summed E-state index contributed by atoms with van der Waals surface area (Å²) in [6.07, 6.45) is 0.637. The zero-order valence-corrected chi connectivity index (χ0v) is 14.1. The summed E-state index contributed by atoms with van der Waals surface area (Å²) in [5, 5.41) is 9.37. The molecule has 0 aliphatic rings. The molecule has 7 N–H and O–H groups in total. The van der Waals surface area contributed by atoms with E-state index in [2.05, 4.69) is 20.7 Å². The van der Waals surface area contributed by atoms with Gasteiger partial charge in [-0.1, -0.05) is 13.8 Å². The fraction of sp³-hybridized carbons (Fsp3) is 0.571. The molecule has 0 fully saturated rings. The normalized spacial score (nSPS) is 14.0. The van der Waals surface area contributed by atoms with E-state index in [0.29, 0.717) is 0 Å². The molecule has 138 valence electrons. The molecule has 2 heterocycles. The molecule has 0 bridgehead atoms. The number of hydrogen-bond donors (Lipinski definition) is 4. The van der Waals surface area contributed by atoms with Gasteiger partial charge in [-0.15, -0.1) is 0 Å². The van der Waals surface area contributed by atoms with Crippen molar-refractivity contribution in [1.29, 1.82) is 0 Å². The maximum absolute atomic E-state index is 11.8. The average molecular weight is 355 g/mol. The Kier molecular flexibility index (Phi) is 6.07. The van der Waals surface area contributed by atoms with Crippen molar-refractivity contribution in [3.05, 3.63) is 16.7 Å². The van der Waals surface area contributed by atoms with Gasteiger partial charge >= 0.3 is 5.97 Å². The van der Waals surface area contributed by atoms with Gasteiger partial charge in [-0.25, -0.2) is 9.78 Å². The van der Waals surface area contributed by atoms with Gasteiger partial charge in [-0.3, -0.25) is 14.3 Å². The van der Waals surface area contributed by atoms with Crippen LogP contribution in [-0.4, -0.2) is 56.0 Å². The molecule has 0 aliphatic carbocycles. The lowest BCUT2D eigenvalue weighted by Crippen LogP contribution is -2.67. The van der Waals surface area contributed by atoms with E-state index < -0.39 is 23.7 Å². The zero-order chi connectivity index (χ0) is 18.6. The number of nitrogens with two attached hydrogens (primary N) is 1. The summed E-state index contributed by atoms with van der Waals surface area (Å²) in [7, 11) is 0. The molecule has 11 heteroatoms. The van der Waals surface area contributed by atoms with E-state index in [1.165, 1.54) is 10.9 Å². The first-order valence-corrected chi connectivity index (χ1v) is 7.76. The number of carbonyl (C=O) groups excluding carboxylic acids is 1. The van der Waals surface area contributed by atoms with Crippen LogP contribution >= 0.6 is 0 Å². The van der Waals surface area contributed by atoms with Crippen LogP contribution in [0.4, 0.5) is 5.95 Å². The summed E-state index contributed by atoms with van der Waals surface area (Å²) in [5.74, 6) is -0.443. The first kappa shape index (κ1) is 18.8. The minimum atomic E-state index is -0.736. The van der Waals surface area contributed by atoms with Crippen LogP contribution in [0.5, 0.6) is 0 Å². The standard InChI is InChI=1S/C14H22N6O5/c1-7(2)9(15)13(23)24-4-8(3-21)25-6-20-5-17-10-11(20)18-14(16)19-12(10)22/h5,7-9,21H,3-4,6,15H2,1-2H3,(H3,16,18,19,22)/p+1/t8-,9+/m1/s1. The van der Waals surface area contributed by atoms with Crippen LogP contribution in [0.1, 0.15) is 13.8 Å². The molecule has 0 aliphatic heterocycles. The summed E-state index contributed by atoms with van der Waals surface area (Å²) in [4.78, 5) is 33.8. The van der Waals surface area contributed by atoms with Crippen molar-refractivity contribution in [2.75, 3.05) is 18.9 Å². The molecule has 25 heavy (non-hydrogen) atoms. The number of nitrogens with one attached hydrogen (secondary N) is 1. The van der Waals surface area contributed by atoms with Gasteiger partial charge < -0.3 is 26.0 Å². The van der Waals surface area contributed by atoms with Crippen molar-refractivity contribution < 1.29 is 25.1 Å². The van der Waals surface area contributed by atoms with Crippen LogP contribution in [0.15, 0.2) is 11.1 Å². The maximum Gasteiger partial charge on any atom is 0.365 e. The fourth-order valence-corrected chi connectivity index (χ4v) is 1.96. The lowest BCUT2D eigenvalue weighted by Gasteiger charge is -2.17. The number of quaternary nitrogens is 1. The second-order valence-corrected chi connectivity index (χ2v) is 5.92. The van der Waals surface area contributed by atoms with Gasteiger partial charge in [-0.2, -0.15) is 4.98 Å². The number of esters is 1. The Balaban J connectivity index is 1.97. The van der Waals surface area contributed by atoms with E-state index in [9.17, 15) is 14.7 Å². The number of fused-ring (bicyclic) bond motifs is 1. The SMILES string of the molecule is CC(C)[C@H]([NH3+])C(=O)OC[C@@H](CO)OCn1cnc2c(=O)[nH]c(N)nc21. The number of aliphatic hydroxyl groups is 1. The molecule has 2 atom stereocenters. The highest BCUT2D eigenvalue weighted by Gasteiger charge is 2.24. The first-order chi connectivity index (χ1) is 11.8. The largest absolute Gasteiger partial charge is 0.458 e. The minimum absolute atomic E-state index is 0.0398. The number of aromatic nitrogens is 4. The summed E-state index contributed by atoms with van der Waals surface area (Å²) in [6, 6.07) is -0.490. The number of hydrogen-bond acceptors (Lipinski definition) is 8. The Bertz CT molecular complexity index is 786. The Hall–Kier alpha value is -2.50. The number of imidazole rings is 1. The number of aromatic amines is 1. The molecule has 0 radical (unpaired) electrons. The van der Waals surface area contributed by atoms with Crippen LogP contribution in [0.3, 0.4) is 0 Å². The Morgan fingerprint density at radius 3 is 2.88 bits per heavy atom. The molecule has 0 saturated heterocycles. The van der Waals surface area contributed by atoms with Gasteiger partial charge in [0.05, 0.1) is 12.9 Å². The van der Waals surface area contributed by atoms with E-state index in [4.69, 9.17) is 15.2 Å². The molecule has 0 aromatic carbocycles. The zero-order valence-electron chi connectivity index (χ0n) is 14.1. The number of aliphatic hydroxyl groups excluding tert-OH is 1. The molecule has 0 spiro atoms. The smallest absolute Gasteiger partial charge is 0.365 e. The van der Waals surface area contributed by atoms with Gasteiger partial charge in [0.25, 0.3) is 5.56 Å². The van der Waals surface area contributed by atoms with Crippen molar-refractivity contribution in [3.8, 4) is 0 Å². The lowest BCUT2D eigenvalue weighted by molar-refractivity contribution is -0.418. The monoisotopic (exact) mass is 355 g/mol. The van der Waals surface area contributed by atoms with E-state index in [0.717, 1.165) is 0 Å². The molecule has 11 nitrogen and oxygen atoms in total. The van der Waals surface area contributed by atoms with Gasteiger partial charge in [0.1, 0.15) is 19.4 Å². The van der Waals surface area contributed by atoms with Crippen molar-refractivity contribution in [2.45, 2.75) is 32.7 Å². The maximum atomic E-state index is 11.8. The molecule has 2 aromatic rings. The molecule has 0 saturated carbocycles.